The maximum absolute atomic E-state index is 12.3. The van der Waals surface area contributed by atoms with Crippen molar-refractivity contribution in [2.45, 2.75) is 25.5 Å². The van der Waals surface area contributed by atoms with Crippen LogP contribution in [0.4, 0.5) is 0 Å². The van der Waals surface area contributed by atoms with E-state index in [2.05, 4.69) is 38.7 Å². The number of hydrogen-bond donors (Lipinski definition) is 1. The number of amides is 1. The fourth-order valence-corrected chi connectivity index (χ4v) is 3.78. The van der Waals surface area contributed by atoms with Crippen molar-refractivity contribution < 1.29 is 9.21 Å². The number of carbonyl (C=O) groups excluding carboxylic acids is 1. The molecule has 0 spiro atoms. The molecule has 0 bridgehead atoms. The monoisotopic (exact) mass is 419 g/mol. The van der Waals surface area contributed by atoms with E-state index in [-0.39, 0.29) is 11.7 Å². The first-order valence-corrected chi connectivity index (χ1v) is 10.5. The SMILES string of the molecule is Cc1ccc(C)c(-n2c(SCC(=O)NCc3ccco3)nnc2-c2cccnc2)c1. The largest absolute Gasteiger partial charge is 0.467 e. The van der Waals surface area contributed by atoms with Crippen LogP contribution in [-0.2, 0) is 11.3 Å². The lowest BCUT2D eigenvalue weighted by Gasteiger charge is -2.13. The van der Waals surface area contributed by atoms with Gasteiger partial charge in [-0.3, -0.25) is 14.3 Å². The summed E-state index contributed by atoms with van der Waals surface area (Å²) in [7, 11) is 0. The zero-order chi connectivity index (χ0) is 20.9. The highest BCUT2D eigenvalue weighted by molar-refractivity contribution is 7.99. The average Bonchev–Trinajstić information content (AvgIpc) is 3.43. The van der Waals surface area contributed by atoms with Crippen molar-refractivity contribution in [3.63, 3.8) is 0 Å². The number of aromatic nitrogens is 4. The second-order valence-electron chi connectivity index (χ2n) is 6.82. The first-order chi connectivity index (χ1) is 14.6. The molecule has 4 aromatic rings. The lowest BCUT2D eigenvalue weighted by molar-refractivity contribution is -0.118. The molecule has 152 valence electrons. The smallest absolute Gasteiger partial charge is 0.230 e. The highest BCUT2D eigenvalue weighted by Crippen LogP contribution is 2.29. The molecule has 0 saturated heterocycles. The molecule has 0 aliphatic heterocycles. The van der Waals surface area contributed by atoms with Gasteiger partial charge in [0.25, 0.3) is 0 Å². The molecule has 1 aromatic carbocycles. The van der Waals surface area contributed by atoms with Gasteiger partial charge in [-0.2, -0.15) is 0 Å². The lowest BCUT2D eigenvalue weighted by Crippen LogP contribution is -2.24. The van der Waals surface area contributed by atoms with Gasteiger partial charge in [-0.05, 0) is 55.3 Å². The van der Waals surface area contributed by atoms with Crippen LogP contribution >= 0.6 is 11.8 Å². The summed E-state index contributed by atoms with van der Waals surface area (Å²) in [5, 5.41) is 12.3. The summed E-state index contributed by atoms with van der Waals surface area (Å²) in [5.74, 6) is 1.52. The predicted molar refractivity (Wildman–Crippen MR) is 115 cm³/mol. The molecule has 0 saturated carbocycles. The Balaban J connectivity index is 1.60. The van der Waals surface area contributed by atoms with E-state index in [0.717, 1.165) is 22.4 Å². The zero-order valence-corrected chi connectivity index (χ0v) is 17.5. The lowest BCUT2D eigenvalue weighted by atomic mass is 10.1. The number of benzene rings is 1. The number of rotatable bonds is 7. The predicted octanol–water partition coefficient (Wildman–Crippen LogP) is 3.95. The molecular formula is C22H21N5O2S. The Bertz CT molecular complexity index is 1140. The van der Waals surface area contributed by atoms with Crippen LogP contribution in [0.3, 0.4) is 0 Å². The van der Waals surface area contributed by atoms with Crippen LogP contribution < -0.4 is 5.32 Å². The zero-order valence-electron chi connectivity index (χ0n) is 16.7. The Labute approximate surface area is 178 Å². The van der Waals surface area contributed by atoms with Gasteiger partial charge in [-0.25, -0.2) is 0 Å². The van der Waals surface area contributed by atoms with Crippen LogP contribution in [0.1, 0.15) is 16.9 Å². The highest BCUT2D eigenvalue weighted by Gasteiger charge is 2.19. The normalized spacial score (nSPS) is 10.9. The third kappa shape index (κ3) is 4.44. The fraction of sp³-hybridized carbons (Fsp3) is 0.182. The molecule has 3 heterocycles. The molecule has 30 heavy (non-hydrogen) atoms. The summed E-state index contributed by atoms with van der Waals surface area (Å²) in [6.45, 7) is 4.45. The quantitative estimate of drug-likeness (QED) is 0.457. The van der Waals surface area contributed by atoms with Crippen molar-refractivity contribution in [3.05, 3.63) is 78.0 Å². The van der Waals surface area contributed by atoms with Crippen LogP contribution in [0.2, 0.25) is 0 Å². The van der Waals surface area contributed by atoms with E-state index in [9.17, 15) is 4.79 Å². The summed E-state index contributed by atoms with van der Waals surface area (Å²) in [6, 6.07) is 13.7. The summed E-state index contributed by atoms with van der Waals surface area (Å²) < 4.78 is 7.24. The minimum absolute atomic E-state index is 0.102. The third-order valence-electron chi connectivity index (χ3n) is 4.53. The van der Waals surface area contributed by atoms with Crippen molar-refractivity contribution in [3.8, 4) is 17.1 Å². The Kier molecular flexibility index (Phi) is 5.94. The van der Waals surface area contributed by atoms with E-state index in [0.29, 0.717) is 23.3 Å². The van der Waals surface area contributed by atoms with Gasteiger partial charge in [-0.1, -0.05) is 23.9 Å². The second kappa shape index (κ2) is 8.96. The van der Waals surface area contributed by atoms with Crippen LogP contribution in [-0.4, -0.2) is 31.4 Å². The van der Waals surface area contributed by atoms with Gasteiger partial charge in [-0.15, -0.1) is 10.2 Å². The van der Waals surface area contributed by atoms with Crippen molar-refractivity contribution in [1.82, 2.24) is 25.1 Å². The number of nitrogens with zero attached hydrogens (tertiary/aromatic N) is 4. The van der Waals surface area contributed by atoms with Gasteiger partial charge < -0.3 is 9.73 Å². The Hall–Kier alpha value is -3.39. The summed E-state index contributed by atoms with van der Waals surface area (Å²) in [5.41, 5.74) is 4.07. The van der Waals surface area contributed by atoms with Crippen LogP contribution in [0.25, 0.3) is 17.1 Å². The van der Waals surface area contributed by atoms with Gasteiger partial charge >= 0.3 is 0 Å². The molecule has 0 radical (unpaired) electrons. The molecule has 0 unspecified atom stereocenters. The van der Waals surface area contributed by atoms with Gasteiger partial charge in [0.05, 0.1) is 24.2 Å². The number of hydrogen-bond acceptors (Lipinski definition) is 6. The molecule has 8 heteroatoms. The number of pyridine rings is 1. The Morgan fingerprint density at radius 3 is 2.83 bits per heavy atom. The molecule has 3 aromatic heterocycles. The molecule has 0 atom stereocenters. The first-order valence-electron chi connectivity index (χ1n) is 9.47. The number of aryl methyl sites for hydroxylation is 2. The molecule has 1 N–H and O–H groups in total. The van der Waals surface area contributed by atoms with Crippen molar-refractivity contribution >= 4 is 17.7 Å². The van der Waals surface area contributed by atoms with E-state index >= 15 is 0 Å². The summed E-state index contributed by atoms with van der Waals surface area (Å²) in [6.07, 6.45) is 5.07. The first kappa shape index (κ1) is 19.9. The standard InChI is InChI=1S/C22H21N5O2S/c1-15-7-8-16(2)19(11-15)27-21(17-5-3-9-23-12-17)25-26-22(27)30-14-20(28)24-13-18-6-4-10-29-18/h3-12H,13-14H2,1-2H3,(H,24,28). The molecule has 0 fully saturated rings. The molecule has 1 amide bonds. The average molecular weight is 420 g/mol. The van der Waals surface area contributed by atoms with Gasteiger partial charge in [0.2, 0.25) is 5.91 Å². The van der Waals surface area contributed by atoms with Crippen LogP contribution in [0, 0.1) is 13.8 Å². The maximum Gasteiger partial charge on any atom is 0.230 e. The van der Waals surface area contributed by atoms with E-state index in [1.165, 1.54) is 11.8 Å². The third-order valence-corrected chi connectivity index (χ3v) is 5.46. The van der Waals surface area contributed by atoms with Crippen molar-refractivity contribution in [2.24, 2.45) is 0 Å². The van der Waals surface area contributed by atoms with Crippen molar-refractivity contribution in [2.75, 3.05) is 5.75 Å². The Morgan fingerprint density at radius 2 is 2.07 bits per heavy atom. The highest BCUT2D eigenvalue weighted by atomic mass is 32.2. The van der Waals surface area contributed by atoms with E-state index in [1.807, 2.05) is 36.6 Å². The van der Waals surface area contributed by atoms with Crippen LogP contribution in [0.15, 0.2) is 70.7 Å². The molecule has 4 rings (SSSR count). The number of furan rings is 1. The summed E-state index contributed by atoms with van der Waals surface area (Å²) >= 11 is 1.34. The number of nitrogens with one attached hydrogen (secondary N) is 1. The van der Waals surface area contributed by atoms with Crippen molar-refractivity contribution in [1.29, 1.82) is 0 Å². The number of carbonyl (C=O) groups is 1. The van der Waals surface area contributed by atoms with E-state index in [1.54, 1.807) is 24.7 Å². The molecular weight excluding hydrogens is 398 g/mol. The fourth-order valence-electron chi connectivity index (χ4n) is 3.00. The van der Waals surface area contributed by atoms with E-state index < -0.39 is 0 Å². The topological polar surface area (TPSA) is 85.8 Å². The second-order valence-corrected chi connectivity index (χ2v) is 7.76. The minimum Gasteiger partial charge on any atom is -0.467 e. The van der Waals surface area contributed by atoms with Gasteiger partial charge in [0.15, 0.2) is 11.0 Å². The van der Waals surface area contributed by atoms with Crippen LogP contribution in [0.5, 0.6) is 0 Å². The van der Waals surface area contributed by atoms with Gasteiger partial charge in [0.1, 0.15) is 5.76 Å². The van der Waals surface area contributed by atoms with Gasteiger partial charge in [0, 0.05) is 18.0 Å². The molecule has 7 nitrogen and oxygen atoms in total. The minimum atomic E-state index is -0.102. The molecule has 0 aliphatic carbocycles. The Morgan fingerprint density at radius 1 is 1.17 bits per heavy atom. The maximum atomic E-state index is 12.3. The summed E-state index contributed by atoms with van der Waals surface area (Å²) in [4.78, 5) is 16.5. The van der Waals surface area contributed by atoms with E-state index in [4.69, 9.17) is 4.42 Å². The number of thioether (sulfide) groups is 1. The molecule has 0 aliphatic rings.